The summed E-state index contributed by atoms with van der Waals surface area (Å²) in [4.78, 5) is 0. The standard InChI is InChI=1S/C16H35O2PS2.Mo.O.H2S/c1-15(2)11-7-5-9-13-17-19(20,21)18-14-10-6-8-12-16(3)4;;;/h15-16H,5-14H2,1-4H3,(H,20,21);;;1H2. The summed E-state index contributed by atoms with van der Waals surface area (Å²) < 4.78 is 19.6. The fourth-order valence-electron chi connectivity index (χ4n) is 2.06. The Hall–Kier alpha value is 1.76. The maximum absolute atomic E-state index is 8.26. The van der Waals surface area contributed by atoms with Gasteiger partial charge in [-0.3, -0.25) is 0 Å². The van der Waals surface area contributed by atoms with Crippen LogP contribution < -0.4 is 0 Å². The van der Waals surface area contributed by atoms with Gasteiger partial charge < -0.3 is 9.05 Å². The average Bonchev–Trinajstić information content (AvgIpc) is 2.48. The van der Waals surface area contributed by atoms with Crippen molar-refractivity contribution in [2.24, 2.45) is 11.8 Å². The first-order valence-electron chi connectivity index (χ1n) is 8.62. The summed E-state index contributed by atoms with van der Waals surface area (Å²) in [5, 5.41) is 0. The number of hydrogen-bond donors (Lipinski definition) is 1. The molecule has 0 saturated heterocycles. The first-order valence-corrected chi connectivity index (χ1v) is 13.2. The van der Waals surface area contributed by atoms with E-state index in [1.165, 1.54) is 38.5 Å². The molecule has 0 atom stereocenters. The summed E-state index contributed by atoms with van der Waals surface area (Å²) in [6, 6.07) is 0. The first kappa shape index (κ1) is 30.5. The van der Waals surface area contributed by atoms with Gasteiger partial charge in [0.15, 0.2) is 0 Å². The number of thiol groups is 1. The third-order valence-electron chi connectivity index (χ3n) is 3.36. The van der Waals surface area contributed by atoms with E-state index in [9.17, 15) is 0 Å². The van der Waals surface area contributed by atoms with E-state index in [2.05, 4.69) is 39.9 Å². The molecule has 0 radical (unpaired) electrons. The molecule has 0 aromatic heterocycles. The molecule has 0 rings (SSSR count). The predicted molar refractivity (Wildman–Crippen MR) is 113 cm³/mol. The molecular weight excluding hydrogens is 463 g/mol. The topological polar surface area (TPSA) is 35.5 Å². The third kappa shape index (κ3) is 26.0. The van der Waals surface area contributed by atoms with Gasteiger partial charge in [-0.1, -0.05) is 78.5 Å². The molecular formula is C16H37MoO3PS3. The molecule has 0 heterocycles. The van der Waals surface area contributed by atoms with E-state index in [4.69, 9.17) is 24.3 Å². The SMILES string of the molecule is CC(C)CCCCCOP(=S)(S)OCCCCCC(C)C.S.[O]=[Mo]. The fourth-order valence-corrected chi connectivity index (χ4v) is 3.79. The van der Waals surface area contributed by atoms with Crippen molar-refractivity contribution in [1.82, 2.24) is 0 Å². The summed E-state index contributed by atoms with van der Waals surface area (Å²) in [7, 11) is 0. The molecule has 8 heteroatoms. The van der Waals surface area contributed by atoms with Crippen LogP contribution in [0.3, 0.4) is 0 Å². The maximum atomic E-state index is 8.26. The Morgan fingerprint density at radius 2 is 1.17 bits per heavy atom. The van der Waals surface area contributed by atoms with Gasteiger partial charge in [0, 0.05) is 0 Å². The van der Waals surface area contributed by atoms with Crippen molar-refractivity contribution in [3.05, 3.63) is 0 Å². The Morgan fingerprint density at radius 1 is 0.833 bits per heavy atom. The van der Waals surface area contributed by atoms with Crippen molar-refractivity contribution in [2.45, 2.75) is 79.1 Å². The molecule has 24 heavy (non-hydrogen) atoms. The molecule has 0 aromatic carbocycles. The van der Waals surface area contributed by atoms with Crippen molar-refractivity contribution >= 4 is 43.2 Å². The summed E-state index contributed by atoms with van der Waals surface area (Å²) >= 11 is 10.4. The Labute approximate surface area is 178 Å². The molecule has 0 aliphatic carbocycles. The summed E-state index contributed by atoms with van der Waals surface area (Å²) in [6.45, 7) is 10.4. The van der Waals surface area contributed by atoms with Crippen LogP contribution in [0.5, 0.6) is 0 Å². The van der Waals surface area contributed by atoms with Gasteiger partial charge in [-0.2, -0.15) is 13.5 Å². The summed E-state index contributed by atoms with van der Waals surface area (Å²) in [5.74, 6) is 1.58. The molecule has 0 aliphatic rings. The molecule has 0 amide bonds. The van der Waals surface area contributed by atoms with Crippen LogP contribution >= 0.6 is 31.4 Å². The van der Waals surface area contributed by atoms with Crippen LogP contribution in [0.4, 0.5) is 0 Å². The van der Waals surface area contributed by atoms with Gasteiger partial charge in [-0.25, -0.2) is 0 Å². The van der Waals surface area contributed by atoms with Gasteiger partial charge in [-0.15, -0.1) is 0 Å². The zero-order chi connectivity index (χ0) is 18.1. The number of hydrogen-bond acceptors (Lipinski definition) is 4. The van der Waals surface area contributed by atoms with Crippen LogP contribution in [0, 0.1) is 11.8 Å². The normalized spacial score (nSPS) is 11.1. The Kier molecular flexibility index (Phi) is 26.8. The average molecular weight is 501 g/mol. The Morgan fingerprint density at radius 3 is 1.46 bits per heavy atom. The minimum atomic E-state index is -2.30. The van der Waals surface area contributed by atoms with Crippen LogP contribution in [-0.4, -0.2) is 13.2 Å². The molecule has 3 nitrogen and oxygen atoms in total. The van der Waals surface area contributed by atoms with Gasteiger partial charge in [-0.05, 0) is 36.5 Å². The number of rotatable bonds is 14. The molecule has 0 spiro atoms. The summed E-state index contributed by atoms with van der Waals surface area (Å²) in [6.07, 6.45) is 9.66. The van der Waals surface area contributed by atoms with E-state index in [0.29, 0.717) is 33.0 Å². The van der Waals surface area contributed by atoms with E-state index < -0.39 is 5.69 Å². The van der Waals surface area contributed by atoms with Crippen molar-refractivity contribution < 1.29 is 32.2 Å². The van der Waals surface area contributed by atoms with E-state index in [0.717, 1.165) is 24.7 Å². The van der Waals surface area contributed by atoms with Gasteiger partial charge in [0.1, 0.15) is 0 Å². The summed E-state index contributed by atoms with van der Waals surface area (Å²) in [5.41, 5.74) is -2.30. The van der Waals surface area contributed by atoms with Crippen molar-refractivity contribution in [1.29, 1.82) is 0 Å². The van der Waals surface area contributed by atoms with E-state index in [-0.39, 0.29) is 13.5 Å². The number of unbranched alkanes of at least 4 members (excludes halogenated alkanes) is 4. The van der Waals surface area contributed by atoms with Crippen molar-refractivity contribution in [3.63, 3.8) is 0 Å². The second kappa shape index (κ2) is 21.1. The molecule has 0 unspecified atom stereocenters. The molecule has 0 aliphatic heterocycles. The minimum absolute atomic E-state index is 0. The predicted octanol–water partition coefficient (Wildman–Crippen LogP) is 6.60. The van der Waals surface area contributed by atoms with E-state index in [1.807, 2.05) is 0 Å². The second-order valence-electron chi connectivity index (χ2n) is 6.62. The Balaban J connectivity index is -0.00000141. The molecule has 0 saturated carbocycles. The molecule has 0 bridgehead atoms. The van der Waals surface area contributed by atoms with Gasteiger partial charge in [0.2, 0.25) is 5.69 Å². The monoisotopic (exact) mass is 502 g/mol. The van der Waals surface area contributed by atoms with Gasteiger partial charge in [0.25, 0.3) is 0 Å². The quantitative estimate of drug-likeness (QED) is 0.126. The van der Waals surface area contributed by atoms with Crippen molar-refractivity contribution in [3.8, 4) is 0 Å². The first-order chi connectivity index (χ1) is 10.8. The Bertz CT molecular complexity index is 284. The fraction of sp³-hybridized carbons (Fsp3) is 1.00. The van der Waals surface area contributed by atoms with Crippen LogP contribution in [-0.2, 0) is 44.0 Å². The third-order valence-corrected chi connectivity index (χ3v) is 5.70. The molecule has 0 aromatic rings. The molecule has 0 N–H and O–H groups in total. The van der Waals surface area contributed by atoms with Gasteiger partial charge in [0.05, 0.1) is 13.2 Å². The zero-order valence-corrected chi connectivity index (χ0v) is 21.3. The van der Waals surface area contributed by atoms with Crippen molar-refractivity contribution in [2.75, 3.05) is 13.2 Å². The van der Waals surface area contributed by atoms with Crippen LogP contribution in [0.15, 0.2) is 0 Å². The van der Waals surface area contributed by atoms with Crippen LogP contribution in [0.2, 0.25) is 0 Å². The van der Waals surface area contributed by atoms with Crippen LogP contribution in [0.1, 0.15) is 79.1 Å². The second-order valence-corrected chi connectivity index (χ2v) is 11.9. The van der Waals surface area contributed by atoms with Crippen LogP contribution in [0.25, 0.3) is 0 Å². The zero-order valence-electron chi connectivity index (χ0n) is 15.7. The van der Waals surface area contributed by atoms with E-state index in [1.54, 1.807) is 0 Å². The van der Waals surface area contributed by atoms with E-state index >= 15 is 0 Å². The molecule has 0 fully saturated rings. The van der Waals surface area contributed by atoms with Gasteiger partial charge >= 0.3 is 23.2 Å². The molecule has 148 valence electrons.